The molecule has 0 spiro atoms. The van der Waals surface area contributed by atoms with Gasteiger partial charge >= 0.3 is 5.69 Å². The second-order valence-electron chi connectivity index (χ2n) is 6.73. The molecular weight excluding hydrogens is 406 g/mol. The van der Waals surface area contributed by atoms with Gasteiger partial charge in [0.15, 0.2) is 0 Å². The van der Waals surface area contributed by atoms with E-state index in [9.17, 15) is 34.8 Å². The highest BCUT2D eigenvalue weighted by molar-refractivity contribution is 7.99. The Kier molecular flexibility index (Phi) is 7.80. The molecule has 1 aliphatic rings. The van der Waals surface area contributed by atoms with E-state index < -0.39 is 59.2 Å². The summed E-state index contributed by atoms with van der Waals surface area (Å²) >= 11 is 1.10. The first-order valence-electron chi connectivity index (χ1n) is 8.79. The van der Waals surface area contributed by atoms with Crippen LogP contribution in [0.5, 0.6) is 0 Å². The molecule has 0 bridgehead atoms. The van der Waals surface area contributed by atoms with Crippen molar-refractivity contribution >= 4 is 23.7 Å². The predicted octanol–water partition coefficient (Wildman–Crippen LogP) is -2.58. The smallest absolute Gasteiger partial charge is 0.325 e. The maximum atomic E-state index is 12.3. The highest BCUT2D eigenvalue weighted by atomic mass is 32.2. The van der Waals surface area contributed by atoms with Crippen LogP contribution >= 0.6 is 11.8 Å². The molecule has 7 N–H and O–H groups in total. The summed E-state index contributed by atoms with van der Waals surface area (Å²) in [6.45, 7) is 2.86. The minimum Gasteiger partial charge on any atom is -0.391 e. The highest BCUT2D eigenvalue weighted by Crippen LogP contribution is 2.29. The predicted molar refractivity (Wildman–Crippen MR) is 105 cm³/mol. The molecule has 0 saturated carbocycles. The van der Waals surface area contributed by atoms with Gasteiger partial charge in [-0.15, -0.1) is 11.8 Å². The summed E-state index contributed by atoms with van der Waals surface area (Å²) in [5.74, 6) is -0.710. The second-order valence-corrected chi connectivity index (χ2v) is 7.67. The third-order valence-electron chi connectivity index (χ3n) is 4.60. The van der Waals surface area contributed by atoms with E-state index in [0.29, 0.717) is 0 Å². The Morgan fingerprint density at radius 2 is 1.86 bits per heavy atom. The lowest BCUT2D eigenvalue weighted by Crippen LogP contribution is -2.64. The van der Waals surface area contributed by atoms with E-state index in [4.69, 9.17) is 4.74 Å². The molecule has 12 heteroatoms. The van der Waals surface area contributed by atoms with Crippen LogP contribution in [-0.4, -0.2) is 84.6 Å². The number of aliphatic hydroxyl groups excluding tert-OH is 4. The number of hydrogen-bond donors (Lipinski definition) is 7. The Balaban J connectivity index is 2.19. The van der Waals surface area contributed by atoms with Crippen molar-refractivity contribution in [3.63, 3.8) is 0 Å². The lowest BCUT2D eigenvalue weighted by Gasteiger charge is -2.43. The van der Waals surface area contributed by atoms with E-state index in [0.717, 1.165) is 17.8 Å². The molecule has 1 aromatic rings. The van der Waals surface area contributed by atoms with Crippen LogP contribution < -0.4 is 16.6 Å². The number of aromatic nitrogens is 2. The third-order valence-corrected chi connectivity index (χ3v) is 5.45. The number of H-pyrrole nitrogens is 2. The molecule has 0 aliphatic carbocycles. The number of nitrogens with one attached hydrogen (secondary N) is 3. The Morgan fingerprint density at radius 1 is 1.21 bits per heavy atom. The fourth-order valence-electron chi connectivity index (χ4n) is 3.02. The van der Waals surface area contributed by atoms with Gasteiger partial charge in [-0.2, -0.15) is 0 Å². The first-order valence-corrected chi connectivity index (χ1v) is 10.1. The molecule has 1 fully saturated rings. The minimum absolute atomic E-state index is 0.0725. The molecule has 2 rings (SSSR count). The minimum atomic E-state index is -1.55. The van der Waals surface area contributed by atoms with Gasteiger partial charge in [-0.25, -0.2) is 4.79 Å². The fourth-order valence-corrected chi connectivity index (χ4v) is 3.70. The molecule has 162 valence electrons. The Bertz CT molecular complexity index is 865. The molecular formula is C17H25N3O8S. The number of carbonyl (C=O) groups is 1. The molecule has 0 unspecified atom stereocenters. The van der Waals surface area contributed by atoms with Crippen LogP contribution in [0.3, 0.4) is 0 Å². The largest absolute Gasteiger partial charge is 0.391 e. The van der Waals surface area contributed by atoms with Crippen LogP contribution in [0.4, 0.5) is 0 Å². The van der Waals surface area contributed by atoms with E-state index in [1.807, 2.05) is 4.98 Å². The van der Waals surface area contributed by atoms with E-state index in [1.165, 1.54) is 19.9 Å². The van der Waals surface area contributed by atoms with Crippen molar-refractivity contribution in [2.75, 3.05) is 6.26 Å². The molecule has 11 nitrogen and oxygen atoms in total. The molecule has 2 heterocycles. The van der Waals surface area contributed by atoms with Crippen LogP contribution in [0.2, 0.25) is 0 Å². The molecule has 0 radical (unpaired) electrons. The molecule has 7 atom stereocenters. The van der Waals surface area contributed by atoms with Crippen molar-refractivity contribution < 1.29 is 30.0 Å². The molecule has 1 aromatic heterocycles. The summed E-state index contributed by atoms with van der Waals surface area (Å²) in [6.07, 6.45) is -2.92. The normalized spacial score (nSPS) is 29.6. The number of carbonyl (C=O) groups excluding carboxylic acids is 1. The lowest BCUT2D eigenvalue weighted by molar-refractivity contribution is -0.210. The molecule has 0 aromatic carbocycles. The number of amides is 1. The quantitative estimate of drug-likeness (QED) is 0.238. The van der Waals surface area contributed by atoms with Crippen molar-refractivity contribution in [2.45, 2.75) is 55.8 Å². The number of ether oxygens (including phenoxy) is 1. The Morgan fingerprint density at radius 3 is 2.41 bits per heavy atom. The van der Waals surface area contributed by atoms with Crippen molar-refractivity contribution in [2.24, 2.45) is 0 Å². The van der Waals surface area contributed by atoms with Gasteiger partial charge in [-0.05, 0) is 26.2 Å². The van der Waals surface area contributed by atoms with Gasteiger partial charge in [0.05, 0.1) is 17.7 Å². The summed E-state index contributed by atoms with van der Waals surface area (Å²) in [5.41, 5.74) is -1.87. The maximum Gasteiger partial charge on any atom is 0.325 e. The summed E-state index contributed by atoms with van der Waals surface area (Å²) in [4.78, 5) is 39.8. The molecule has 1 amide bonds. The Labute approximate surface area is 169 Å². The zero-order valence-corrected chi connectivity index (χ0v) is 16.8. The lowest BCUT2D eigenvalue weighted by atomic mass is 9.92. The van der Waals surface area contributed by atoms with Crippen molar-refractivity contribution in [1.29, 1.82) is 0 Å². The number of aromatic amines is 2. The summed E-state index contributed by atoms with van der Waals surface area (Å²) < 4.78 is 5.58. The Hall–Kier alpha value is -1.96. The van der Waals surface area contributed by atoms with Gasteiger partial charge in [0.1, 0.15) is 29.9 Å². The standard InChI is InChI=1S/C17H25N3O8S/c1-6-8(15(26)20-17(27)18-6)4-5-9(22)19-10(7(2)21)14-12(24)11(23)13(25)16(28-14)29-3/h4-5,7,10-14,16,21,23-25H,1-3H3,(H,19,22)(H2,18,20,26,27)/b5-4+/t7-,10-,11+,12-,13-,14-,16-/m1/s1. The summed E-state index contributed by atoms with van der Waals surface area (Å²) in [7, 11) is 0. The molecule has 29 heavy (non-hydrogen) atoms. The van der Waals surface area contributed by atoms with E-state index in [2.05, 4.69) is 10.3 Å². The zero-order chi connectivity index (χ0) is 21.9. The number of aryl methyl sites for hydroxylation is 1. The summed E-state index contributed by atoms with van der Waals surface area (Å²) in [5, 5.41) is 42.8. The van der Waals surface area contributed by atoms with E-state index in [-0.39, 0.29) is 11.3 Å². The number of aliphatic hydroxyl groups is 4. The first kappa shape index (κ1) is 23.3. The van der Waals surface area contributed by atoms with Crippen LogP contribution in [0.25, 0.3) is 6.08 Å². The van der Waals surface area contributed by atoms with Gasteiger partial charge in [0, 0.05) is 11.8 Å². The number of thioether (sulfide) groups is 1. The third kappa shape index (κ3) is 5.35. The van der Waals surface area contributed by atoms with Gasteiger partial charge in [-0.3, -0.25) is 14.6 Å². The fraction of sp³-hybridized carbons (Fsp3) is 0.588. The van der Waals surface area contributed by atoms with Gasteiger partial charge < -0.3 is 35.5 Å². The van der Waals surface area contributed by atoms with Crippen molar-refractivity contribution in [1.82, 2.24) is 15.3 Å². The van der Waals surface area contributed by atoms with Crippen molar-refractivity contribution in [3.05, 3.63) is 38.2 Å². The SMILES string of the molecule is CS[C@H]1O[C@H]([C@H](NC(=O)/C=C/c2c(C)[nH]c(=O)[nH]c2=O)[C@@H](C)O)[C@H](O)[C@H](O)[C@H]1O. The van der Waals surface area contributed by atoms with Gasteiger partial charge in [-0.1, -0.05) is 0 Å². The average Bonchev–Trinajstić information content (AvgIpc) is 2.64. The number of rotatable bonds is 6. The number of hydrogen-bond acceptors (Lipinski definition) is 9. The van der Waals surface area contributed by atoms with Crippen molar-refractivity contribution in [3.8, 4) is 0 Å². The maximum absolute atomic E-state index is 12.3. The second kappa shape index (κ2) is 9.69. The zero-order valence-electron chi connectivity index (χ0n) is 16.0. The monoisotopic (exact) mass is 431 g/mol. The van der Waals surface area contributed by atoms with E-state index >= 15 is 0 Å². The van der Waals surface area contributed by atoms with Gasteiger partial charge in [0.25, 0.3) is 5.56 Å². The van der Waals surface area contributed by atoms with E-state index in [1.54, 1.807) is 6.26 Å². The highest BCUT2D eigenvalue weighted by Gasteiger charge is 2.47. The average molecular weight is 431 g/mol. The van der Waals surface area contributed by atoms with Crippen LogP contribution in [-0.2, 0) is 9.53 Å². The van der Waals surface area contributed by atoms with Crippen LogP contribution in [0.15, 0.2) is 15.7 Å². The molecule has 1 aliphatic heterocycles. The molecule has 1 saturated heterocycles. The topological polar surface area (TPSA) is 185 Å². The van der Waals surface area contributed by atoms with Crippen LogP contribution in [0, 0.1) is 6.92 Å². The van der Waals surface area contributed by atoms with Crippen LogP contribution in [0.1, 0.15) is 18.2 Å². The first-order chi connectivity index (χ1) is 13.6. The summed E-state index contributed by atoms with van der Waals surface area (Å²) in [6, 6.07) is -1.12. The van der Waals surface area contributed by atoms with Gasteiger partial charge in [0.2, 0.25) is 5.91 Å².